The molecule has 0 amide bonds. The van der Waals surface area contributed by atoms with Gasteiger partial charge in [-0.3, -0.25) is 23.7 Å². The largest absolute Gasteiger partial charge is 0.332 e. The van der Waals surface area contributed by atoms with E-state index in [0.29, 0.717) is 19.1 Å². The smallest absolute Gasteiger partial charge is 0.298 e. The van der Waals surface area contributed by atoms with E-state index in [4.69, 9.17) is 5.10 Å². The van der Waals surface area contributed by atoms with Gasteiger partial charge in [-0.2, -0.15) is 10.2 Å². The van der Waals surface area contributed by atoms with Crippen molar-refractivity contribution in [2.45, 2.75) is 57.8 Å². The van der Waals surface area contributed by atoms with Gasteiger partial charge in [0.05, 0.1) is 12.7 Å². The lowest BCUT2D eigenvalue weighted by molar-refractivity contribution is 0.297. The summed E-state index contributed by atoms with van der Waals surface area (Å²) in [5.74, 6) is 0.782. The minimum Gasteiger partial charge on any atom is -0.298 e. The lowest BCUT2D eigenvalue weighted by Gasteiger charge is -2.23. The summed E-state index contributed by atoms with van der Waals surface area (Å²) < 4.78 is 4.96. The number of nitrogens with zero attached hydrogens (tertiary/aromatic N) is 6. The van der Waals surface area contributed by atoms with E-state index >= 15 is 0 Å². The Labute approximate surface area is 178 Å². The number of hydrogen-bond donors (Lipinski definition) is 0. The summed E-state index contributed by atoms with van der Waals surface area (Å²) >= 11 is 1.57. The van der Waals surface area contributed by atoms with Gasteiger partial charge in [0.25, 0.3) is 0 Å². The second kappa shape index (κ2) is 7.31. The van der Waals surface area contributed by atoms with E-state index in [1.54, 1.807) is 15.9 Å². The molecular formula is C21H26N6O2S. The first-order valence-electron chi connectivity index (χ1n) is 10.5. The average molecular weight is 427 g/mol. The van der Waals surface area contributed by atoms with Gasteiger partial charge >= 0.3 is 11.1 Å². The Balaban J connectivity index is 1.41. The van der Waals surface area contributed by atoms with Crippen molar-refractivity contribution in [2.24, 2.45) is 0 Å². The highest BCUT2D eigenvalue weighted by molar-refractivity contribution is 7.09. The fourth-order valence-corrected chi connectivity index (χ4v) is 5.40. The molecule has 2 aliphatic rings. The van der Waals surface area contributed by atoms with Crippen molar-refractivity contribution >= 4 is 11.3 Å². The Hall–Kier alpha value is -2.52. The van der Waals surface area contributed by atoms with Gasteiger partial charge < -0.3 is 0 Å². The summed E-state index contributed by atoms with van der Waals surface area (Å²) in [5.41, 5.74) is 0.0787. The molecular weight excluding hydrogens is 400 g/mol. The van der Waals surface area contributed by atoms with E-state index in [1.165, 1.54) is 10.2 Å². The normalized spacial score (nSPS) is 21.2. The van der Waals surface area contributed by atoms with Gasteiger partial charge in [0.1, 0.15) is 5.82 Å². The molecule has 5 heterocycles. The van der Waals surface area contributed by atoms with Gasteiger partial charge in [-0.25, -0.2) is 4.68 Å². The van der Waals surface area contributed by atoms with E-state index in [1.807, 2.05) is 28.4 Å². The Morgan fingerprint density at radius 3 is 2.73 bits per heavy atom. The zero-order valence-electron chi connectivity index (χ0n) is 17.3. The van der Waals surface area contributed by atoms with Crippen molar-refractivity contribution in [1.29, 1.82) is 0 Å². The molecule has 8 nitrogen and oxygen atoms in total. The molecule has 5 rings (SSSR count). The highest BCUT2D eigenvalue weighted by atomic mass is 32.1. The Kier molecular flexibility index (Phi) is 4.74. The summed E-state index contributed by atoms with van der Waals surface area (Å²) in [6.45, 7) is 7.82. The van der Waals surface area contributed by atoms with Crippen LogP contribution in [0.1, 0.15) is 49.0 Å². The predicted molar refractivity (Wildman–Crippen MR) is 115 cm³/mol. The lowest BCUT2D eigenvalue weighted by atomic mass is 9.85. The number of hydrogen-bond acceptors (Lipinski definition) is 6. The van der Waals surface area contributed by atoms with E-state index in [9.17, 15) is 9.59 Å². The minimum absolute atomic E-state index is 0.155. The second-order valence-electron chi connectivity index (χ2n) is 8.74. The van der Waals surface area contributed by atoms with Crippen molar-refractivity contribution in [3.05, 3.63) is 66.9 Å². The second-order valence-corrected chi connectivity index (χ2v) is 9.77. The van der Waals surface area contributed by atoms with Crippen LogP contribution in [0.5, 0.6) is 0 Å². The number of thiophene rings is 1. The van der Waals surface area contributed by atoms with Crippen molar-refractivity contribution in [3.8, 4) is 0 Å². The van der Waals surface area contributed by atoms with Crippen LogP contribution >= 0.6 is 11.3 Å². The Morgan fingerprint density at radius 2 is 2.00 bits per heavy atom. The van der Waals surface area contributed by atoms with Gasteiger partial charge in [-0.05, 0) is 44.7 Å². The van der Waals surface area contributed by atoms with Crippen LogP contribution in [0.3, 0.4) is 0 Å². The molecule has 0 radical (unpaired) electrons. The topological polar surface area (TPSA) is 78.0 Å². The molecule has 0 bridgehead atoms. The maximum absolute atomic E-state index is 12.8. The van der Waals surface area contributed by atoms with Gasteiger partial charge in [-0.1, -0.05) is 6.07 Å². The molecule has 0 aliphatic carbocycles. The van der Waals surface area contributed by atoms with Gasteiger partial charge in [0, 0.05) is 47.7 Å². The first-order chi connectivity index (χ1) is 14.4. The standard InChI is InChI=1S/C21H26N6O2S/c1-15(2)26-12-16(10-22-26)11-24-7-5-21(14-24)6-8-25-18(28)19(29)27(23-20(21)25)13-17-4-3-9-30-17/h3-4,9-10,12,15H,5-8,11,13-14H2,1-2H3. The van der Waals surface area contributed by atoms with Crippen LogP contribution in [0.4, 0.5) is 0 Å². The first kappa shape index (κ1) is 19.4. The third kappa shape index (κ3) is 3.26. The fraction of sp³-hybridized carbons (Fsp3) is 0.524. The summed E-state index contributed by atoms with van der Waals surface area (Å²) in [6, 6.07) is 4.26. The van der Waals surface area contributed by atoms with Gasteiger partial charge in [-0.15, -0.1) is 11.3 Å². The van der Waals surface area contributed by atoms with Crippen molar-refractivity contribution in [2.75, 3.05) is 13.1 Å². The number of likely N-dealkylation sites (tertiary alicyclic amines) is 1. The minimum atomic E-state index is -0.528. The lowest BCUT2D eigenvalue weighted by Crippen LogP contribution is -2.45. The van der Waals surface area contributed by atoms with Gasteiger partial charge in [0.2, 0.25) is 0 Å². The summed E-state index contributed by atoms with van der Waals surface area (Å²) in [7, 11) is 0. The average Bonchev–Trinajstić information content (AvgIpc) is 3.50. The van der Waals surface area contributed by atoms with E-state index in [2.05, 4.69) is 30.0 Å². The van der Waals surface area contributed by atoms with Crippen LogP contribution in [0, 0.1) is 0 Å². The highest BCUT2D eigenvalue weighted by Crippen LogP contribution is 2.40. The van der Waals surface area contributed by atoms with Crippen LogP contribution < -0.4 is 11.1 Å². The third-order valence-electron chi connectivity index (χ3n) is 6.33. The molecule has 1 unspecified atom stereocenters. The number of fused-ring (bicyclic) bond motifs is 2. The molecule has 2 aliphatic heterocycles. The van der Waals surface area contributed by atoms with Crippen molar-refractivity contribution in [1.82, 2.24) is 29.0 Å². The highest BCUT2D eigenvalue weighted by Gasteiger charge is 2.47. The monoisotopic (exact) mass is 426 g/mol. The Bertz CT molecular complexity index is 1180. The maximum Gasteiger partial charge on any atom is 0.332 e. The van der Waals surface area contributed by atoms with Crippen LogP contribution in [-0.2, 0) is 25.0 Å². The molecule has 1 spiro atoms. The van der Waals surface area contributed by atoms with E-state index in [-0.39, 0.29) is 5.41 Å². The van der Waals surface area contributed by atoms with E-state index in [0.717, 1.165) is 43.2 Å². The zero-order valence-corrected chi connectivity index (χ0v) is 18.1. The van der Waals surface area contributed by atoms with Crippen LogP contribution in [-0.4, -0.2) is 42.1 Å². The summed E-state index contributed by atoms with van der Waals surface area (Å²) in [5, 5.41) is 11.1. The third-order valence-corrected chi connectivity index (χ3v) is 7.19. The quantitative estimate of drug-likeness (QED) is 0.582. The number of rotatable bonds is 5. The molecule has 3 aromatic heterocycles. The van der Waals surface area contributed by atoms with Crippen LogP contribution in [0.2, 0.25) is 0 Å². The maximum atomic E-state index is 12.8. The molecule has 158 valence electrons. The molecule has 0 aromatic carbocycles. The predicted octanol–water partition coefficient (Wildman–Crippen LogP) is 1.84. The van der Waals surface area contributed by atoms with Gasteiger partial charge in [0.15, 0.2) is 0 Å². The molecule has 1 atom stereocenters. The molecule has 0 saturated carbocycles. The molecule has 3 aromatic rings. The molecule has 9 heteroatoms. The first-order valence-corrected chi connectivity index (χ1v) is 11.3. The SMILES string of the molecule is CC(C)n1cc(CN2CCC3(CCn4c3nn(Cc3cccs3)c(=O)c4=O)C2)cn1. The number of aromatic nitrogens is 5. The summed E-state index contributed by atoms with van der Waals surface area (Å²) in [4.78, 5) is 28.8. The van der Waals surface area contributed by atoms with Crippen LogP contribution in [0.25, 0.3) is 0 Å². The molecule has 30 heavy (non-hydrogen) atoms. The Morgan fingerprint density at radius 1 is 1.17 bits per heavy atom. The van der Waals surface area contributed by atoms with Crippen LogP contribution in [0.15, 0.2) is 39.5 Å². The summed E-state index contributed by atoms with van der Waals surface area (Å²) in [6.07, 6.45) is 5.86. The van der Waals surface area contributed by atoms with E-state index < -0.39 is 11.1 Å². The molecule has 0 N–H and O–H groups in total. The fourth-order valence-electron chi connectivity index (χ4n) is 4.71. The molecule has 1 saturated heterocycles. The zero-order chi connectivity index (χ0) is 20.9. The van der Waals surface area contributed by atoms with Crippen molar-refractivity contribution in [3.63, 3.8) is 0 Å². The van der Waals surface area contributed by atoms with Crippen molar-refractivity contribution < 1.29 is 0 Å². The molecule has 1 fully saturated rings.